The van der Waals surface area contributed by atoms with Gasteiger partial charge in [0.1, 0.15) is 5.82 Å². The zero-order chi connectivity index (χ0) is 25.0. The van der Waals surface area contributed by atoms with Crippen molar-refractivity contribution in [3.05, 3.63) is 69.8 Å². The Hall–Kier alpha value is -3.03. The molecule has 7 nitrogen and oxygen atoms in total. The molecule has 0 saturated heterocycles. The highest BCUT2D eigenvalue weighted by atomic mass is 35.5. The maximum absolute atomic E-state index is 12.8. The number of hydrogen-bond acceptors (Lipinski definition) is 3. The number of amides is 3. The Balaban J connectivity index is 1.90. The number of nitrogens with zero attached hydrogens (tertiary/aromatic N) is 2. The molecule has 0 unspecified atom stereocenters. The second-order valence-electron chi connectivity index (χ2n) is 9.33. The van der Waals surface area contributed by atoms with E-state index >= 15 is 0 Å². The van der Waals surface area contributed by atoms with Gasteiger partial charge in [-0.3, -0.25) is 10.1 Å². The number of urea groups is 1. The molecular weight excluding hydrogens is 473 g/mol. The summed E-state index contributed by atoms with van der Waals surface area (Å²) in [7, 11) is 0. The number of nitrogens with one attached hydrogen (secondary N) is 3. The topological polar surface area (TPSA) is 88.1 Å². The number of aromatic nitrogens is 2. The highest BCUT2D eigenvalue weighted by Gasteiger charge is 2.22. The Morgan fingerprint density at radius 3 is 2.41 bits per heavy atom. The van der Waals surface area contributed by atoms with Gasteiger partial charge in [-0.05, 0) is 43.7 Å². The summed E-state index contributed by atoms with van der Waals surface area (Å²) in [6.07, 6.45) is 0.246. The predicted octanol–water partition coefficient (Wildman–Crippen LogP) is 6.19. The number of rotatable bonds is 6. The van der Waals surface area contributed by atoms with Gasteiger partial charge in [0, 0.05) is 17.5 Å². The highest BCUT2D eigenvalue weighted by molar-refractivity contribution is 6.44. The van der Waals surface area contributed by atoms with Crippen LogP contribution >= 0.6 is 23.2 Å². The zero-order valence-electron chi connectivity index (χ0n) is 19.9. The SMILES string of the molecule is CC(C)NC(=O)Cc1cccc(-n2nc(C(C)(C)C)cc2NC(=O)Nc2cccc(Cl)c2Cl)c1. The molecule has 1 heterocycles. The quantitative estimate of drug-likeness (QED) is 0.376. The smallest absolute Gasteiger partial charge is 0.324 e. The predicted molar refractivity (Wildman–Crippen MR) is 138 cm³/mol. The first kappa shape index (κ1) is 25.6. The molecule has 0 saturated carbocycles. The van der Waals surface area contributed by atoms with Gasteiger partial charge < -0.3 is 10.6 Å². The van der Waals surface area contributed by atoms with Crippen LogP contribution in [0.1, 0.15) is 45.9 Å². The number of anilines is 2. The molecular formula is C25H29Cl2N5O2. The largest absolute Gasteiger partial charge is 0.354 e. The van der Waals surface area contributed by atoms with Crippen LogP contribution in [0, 0.1) is 0 Å². The Kier molecular flexibility index (Phi) is 7.89. The maximum Gasteiger partial charge on any atom is 0.324 e. The van der Waals surface area contributed by atoms with E-state index in [-0.39, 0.29) is 28.8 Å². The van der Waals surface area contributed by atoms with E-state index in [9.17, 15) is 9.59 Å². The van der Waals surface area contributed by atoms with E-state index in [0.29, 0.717) is 16.5 Å². The first-order valence-corrected chi connectivity index (χ1v) is 11.7. The zero-order valence-corrected chi connectivity index (χ0v) is 21.4. The Morgan fingerprint density at radius 1 is 1.03 bits per heavy atom. The number of carbonyl (C=O) groups excluding carboxylic acids is 2. The van der Waals surface area contributed by atoms with Gasteiger partial charge in [0.15, 0.2) is 0 Å². The van der Waals surface area contributed by atoms with Crippen molar-refractivity contribution in [3.8, 4) is 5.69 Å². The summed E-state index contributed by atoms with van der Waals surface area (Å²) < 4.78 is 1.66. The average Bonchev–Trinajstić information content (AvgIpc) is 3.15. The lowest BCUT2D eigenvalue weighted by Gasteiger charge is -2.14. The molecule has 3 aromatic rings. The molecule has 0 fully saturated rings. The monoisotopic (exact) mass is 501 g/mol. The van der Waals surface area contributed by atoms with Crippen LogP contribution in [0.3, 0.4) is 0 Å². The van der Waals surface area contributed by atoms with E-state index in [1.807, 2.05) is 65.0 Å². The van der Waals surface area contributed by atoms with Crippen molar-refractivity contribution in [1.82, 2.24) is 15.1 Å². The van der Waals surface area contributed by atoms with Gasteiger partial charge in [0.05, 0.1) is 33.5 Å². The van der Waals surface area contributed by atoms with Crippen LogP contribution in [0.4, 0.5) is 16.3 Å². The summed E-state index contributed by atoms with van der Waals surface area (Å²) in [5.74, 6) is 0.420. The summed E-state index contributed by atoms with van der Waals surface area (Å²) in [5.41, 5.74) is 2.51. The van der Waals surface area contributed by atoms with Crippen molar-refractivity contribution in [1.29, 1.82) is 0 Å². The third-order valence-electron chi connectivity index (χ3n) is 4.89. The highest BCUT2D eigenvalue weighted by Crippen LogP contribution is 2.30. The molecule has 2 aromatic carbocycles. The molecule has 34 heavy (non-hydrogen) atoms. The molecule has 0 radical (unpaired) electrons. The fourth-order valence-electron chi connectivity index (χ4n) is 3.26. The van der Waals surface area contributed by atoms with Crippen molar-refractivity contribution in [3.63, 3.8) is 0 Å². The van der Waals surface area contributed by atoms with E-state index in [2.05, 4.69) is 16.0 Å². The lowest BCUT2D eigenvalue weighted by molar-refractivity contribution is -0.120. The van der Waals surface area contributed by atoms with Crippen LogP contribution in [-0.2, 0) is 16.6 Å². The normalized spacial score (nSPS) is 11.4. The van der Waals surface area contributed by atoms with Crippen LogP contribution in [0.2, 0.25) is 10.0 Å². The molecule has 0 aliphatic carbocycles. The van der Waals surface area contributed by atoms with Crippen LogP contribution < -0.4 is 16.0 Å². The summed E-state index contributed by atoms with van der Waals surface area (Å²) >= 11 is 12.2. The molecule has 1 aromatic heterocycles. The van der Waals surface area contributed by atoms with Crippen LogP contribution in [0.15, 0.2) is 48.5 Å². The van der Waals surface area contributed by atoms with Gasteiger partial charge >= 0.3 is 6.03 Å². The molecule has 3 rings (SSSR count). The van der Waals surface area contributed by atoms with Gasteiger partial charge in [0.25, 0.3) is 0 Å². The number of hydrogen-bond donors (Lipinski definition) is 3. The molecule has 0 atom stereocenters. The molecule has 3 N–H and O–H groups in total. The number of benzene rings is 2. The second-order valence-corrected chi connectivity index (χ2v) is 10.1. The van der Waals surface area contributed by atoms with Gasteiger partial charge in [-0.2, -0.15) is 5.10 Å². The molecule has 0 spiro atoms. The minimum absolute atomic E-state index is 0.0564. The van der Waals surface area contributed by atoms with Gasteiger partial charge in [-0.15, -0.1) is 0 Å². The van der Waals surface area contributed by atoms with Crippen molar-refractivity contribution in [2.24, 2.45) is 0 Å². The fraction of sp³-hybridized carbons (Fsp3) is 0.320. The fourth-order valence-corrected chi connectivity index (χ4v) is 3.61. The molecule has 0 bridgehead atoms. The lowest BCUT2D eigenvalue weighted by Crippen LogP contribution is -2.31. The van der Waals surface area contributed by atoms with Crippen molar-refractivity contribution < 1.29 is 9.59 Å². The van der Waals surface area contributed by atoms with Crippen LogP contribution in [0.5, 0.6) is 0 Å². The standard InChI is InChI=1S/C25H29Cl2N5O2/c1-15(2)28-22(33)13-16-8-6-9-17(12-16)32-21(14-20(31-32)25(3,4)5)30-24(34)29-19-11-7-10-18(26)23(19)27/h6-12,14-15H,13H2,1-5H3,(H,28,33)(H2,29,30,34). The van der Waals surface area contributed by atoms with Crippen LogP contribution in [-0.4, -0.2) is 27.8 Å². The van der Waals surface area contributed by atoms with E-state index in [1.54, 1.807) is 22.9 Å². The van der Waals surface area contributed by atoms with E-state index in [0.717, 1.165) is 16.9 Å². The first-order valence-electron chi connectivity index (χ1n) is 11.0. The minimum Gasteiger partial charge on any atom is -0.354 e. The lowest BCUT2D eigenvalue weighted by atomic mass is 9.92. The Bertz CT molecular complexity index is 1200. The van der Waals surface area contributed by atoms with Gasteiger partial charge in [-0.1, -0.05) is 62.2 Å². The summed E-state index contributed by atoms with van der Waals surface area (Å²) in [4.78, 5) is 25.0. The maximum atomic E-state index is 12.8. The molecule has 3 amide bonds. The minimum atomic E-state index is -0.488. The second kappa shape index (κ2) is 10.5. The number of carbonyl (C=O) groups is 2. The third-order valence-corrected chi connectivity index (χ3v) is 5.71. The van der Waals surface area contributed by atoms with E-state index in [4.69, 9.17) is 28.3 Å². The van der Waals surface area contributed by atoms with Gasteiger partial charge in [0.2, 0.25) is 5.91 Å². The van der Waals surface area contributed by atoms with Crippen molar-refractivity contribution >= 4 is 46.6 Å². The van der Waals surface area contributed by atoms with Crippen LogP contribution in [0.25, 0.3) is 5.69 Å². The summed E-state index contributed by atoms with van der Waals surface area (Å²) in [6.45, 7) is 9.98. The van der Waals surface area contributed by atoms with Crippen molar-refractivity contribution in [2.45, 2.75) is 52.5 Å². The Labute approximate surface area is 209 Å². The number of halogens is 2. The Morgan fingerprint density at radius 2 is 1.74 bits per heavy atom. The molecule has 180 valence electrons. The summed E-state index contributed by atoms with van der Waals surface area (Å²) in [6, 6.07) is 13.9. The molecule has 0 aliphatic rings. The third kappa shape index (κ3) is 6.52. The van der Waals surface area contributed by atoms with Crippen molar-refractivity contribution in [2.75, 3.05) is 10.6 Å². The molecule has 0 aliphatic heterocycles. The molecule has 9 heteroatoms. The van der Waals surface area contributed by atoms with E-state index in [1.165, 1.54) is 0 Å². The van der Waals surface area contributed by atoms with E-state index < -0.39 is 6.03 Å². The summed E-state index contributed by atoms with van der Waals surface area (Å²) in [5, 5.41) is 13.8. The first-order chi connectivity index (χ1) is 15.9. The van der Waals surface area contributed by atoms with Gasteiger partial charge in [-0.25, -0.2) is 9.48 Å². The average molecular weight is 502 g/mol.